The molecule has 1 unspecified atom stereocenters. The van der Waals surface area contributed by atoms with Gasteiger partial charge in [-0.25, -0.2) is 0 Å². The second-order valence-electron chi connectivity index (χ2n) is 3.69. The molecule has 0 saturated carbocycles. The summed E-state index contributed by atoms with van der Waals surface area (Å²) in [5, 5.41) is 9.87. The van der Waals surface area contributed by atoms with Gasteiger partial charge in [0.2, 0.25) is 0 Å². The molecule has 1 aromatic carbocycles. The van der Waals surface area contributed by atoms with Crippen molar-refractivity contribution in [2.75, 3.05) is 0 Å². The molecular weight excluding hydrogens is 241 g/mol. The molecular formula is C11H12ClF3O. The summed E-state index contributed by atoms with van der Waals surface area (Å²) in [7, 11) is 0. The third kappa shape index (κ3) is 4.02. The molecule has 0 radical (unpaired) electrons. The average Bonchev–Trinajstić information content (AvgIpc) is 2.13. The van der Waals surface area contributed by atoms with Crippen LogP contribution < -0.4 is 0 Å². The molecule has 0 aliphatic heterocycles. The first-order valence-electron chi connectivity index (χ1n) is 4.80. The molecule has 0 heterocycles. The van der Waals surface area contributed by atoms with Gasteiger partial charge in [0.25, 0.3) is 0 Å². The summed E-state index contributed by atoms with van der Waals surface area (Å²) in [5.74, 6) is 0. The van der Waals surface area contributed by atoms with E-state index in [9.17, 15) is 18.3 Å². The highest BCUT2D eigenvalue weighted by Crippen LogP contribution is 2.31. The van der Waals surface area contributed by atoms with Gasteiger partial charge in [0.1, 0.15) is 0 Å². The molecule has 0 spiro atoms. The summed E-state index contributed by atoms with van der Waals surface area (Å²) in [6.45, 7) is 1.82. The average molecular weight is 253 g/mol. The van der Waals surface area contributed by atoms with Crippen LogP contribution >= 0.6 is 11.6 Å². The molecule has 90 valence electrons. The predicted octanol–water partition coefficient (Wildman–Crippen LogP) is 4.02. The van der Waals surface area contributed by atoms with Crippen molar-refractivity contribution in [3.63, 3.8) is 0 Å². The Kier molecular flexibility index (Phi) is 4.21. The standard InChI is InChI=1S/C11H12ClF3O/c1-7-2-3-8(9(12)6-7)10(16)4-5-11(13,14)15/h2-3,6,10,16H,4-5H2,1H3. The zero-order valence-electron chi connectivity index (χ0n) is 8.68. The summed E-state index contributed by atoms with van der Waals surface area (Å²) in [4.78, 5) is 0. The lowest BCUT2D eigenvalue weighted by Crippen LogP contribution is -2.10. The molecule has 5 heteroatoms. The maximum Gasteiger partial charge on any atom is 0.389 e. The van der Waals surface area contributed by atoms with Gasteiger partial charge >= 0.3 is 6.18 Å². The first-order valence-corrected chi connectivity index (χ1v) is 5.18. The lowest BCUT2D eigenvalue weighted by Gasteiger charge is -2.14. The van der Waals surface area contributed by atoms with Crippen molar-refractivity contribution in [1.29, 1.82) is 0 Å². The Labute approximate surface area is 96.9 Å². The maximum absolute atomic E-state index is 12.0. The van der Waals surface area contributed by atoms with E-state index in [1.807, 2.05) is 6.92 Å². The summed E-state index contributed by atoms with van der Waals surface area (Å²) < 4.78 is 35.9. The van der Waals surface area contributed by atoms with E-state index in [1.165, 1.54) is 0 Å². The van der Waals surface area contributed by atoms with Crippen LogP contribution in [0.25, 0.3) is 0 Å². The number of aryl methyl sites for hydroxylation is 1. The van der Waals surface area contributed by atoms with Crippen LogP contribution in [0.4, 0.5) is 13.2 Å². The van der Waals surface area contributed by atoms with Crippen molar-refractivity contribution in [1.82, 2.24) is 0 Å². The van der Waals surface area contributed by atoms with Crippen LogP contribution in [-0.2, 0) is 0 Å². The summed E-state index contributed by atoms with van der Waals surface area (Å²) in [6.07, 6.45) is -6.81. The predicted molar refractivity (Wildman–Crippen MR) is 56.4 cm³/mol. The van der Waals surface area contributed by atoms with E-state index in [1.54, 1.807) is 18.2 Å². The van der Waals surface area contributed by atoms with E-state index in [4.69, 9.17) is 11.6 Å². The minimum absolute atomic E-state index is 0.301. The minimum Gasteiger partial charge on any atom is -0.388 e. The smallest absolute Gasteiger partial charge is 0.388 e. The van der Waals surface area contributed by atoms with Crippen molar-refractivity contribution in [2.45, 2.75) is 32.0 Å². The Morgan fingerprint density at radius 2 is 2.00 bits per heavy atom. The number of hydrogen-bond donors (Lipinski definition) is 1. The van der Waals surface area contributed by atoms with Crippen LogP contribution in [0.5, 0.6) is 0 Å². The molecule has 1 N–H and O–H groups in total. The van der Waals surface area contributed by atoms with E-state index in [0.717, 1.165) is 5.56 Å². The van der Waals surface area contributed by atoms with Crippen molar-refractivity contribution < 1.29 is 18.3 Å². The fourth-order valence-electron chi connectivity index (χ4n) is 1.36. The highest BCUT2D eigenvalue weighted by Gasteiger charge is 2.28. The van der Waals surface area contributed by atoms with Crippen LogP contribution in [-0.4, -0.2) is 11.3 Å². The Balaban J connectivity index is 2.70. The number of halogens is 4. The molecule has 0 aliphatic carbocycles. The molecule has 1 aromatic rings. The largest absolute Gasteiger partial charge is 0.389 e. The van der Waals surface area contributed by atoms with Gasteiger partial charge in [-0.1, -0.05) is 23.7 Å². The van der Waals surface area contributed by atoms with Gasteiger partial charge in [0.15, 0.2) is 0 Å². The SMILES string of the molecule is Cc1ccc(C(O)CCC(F)(F)F)c(Cl)c1. The number of aliphatic hydroxyl groups is 1. The molecule has 0 aromatic heterocycles. The second-order valence-corrected chi connectivity index (χ2v) is 4.10. The lowest BCUT2D eigenvalue weighted by atomic mass is 10.0. The molecule has 0 aliphatic rings. The Morgan fingerprint density at radius 3 is 2.50 bits per heavy atom. The van der Waals surface area contributed by atoms with Gasteiger partial charge in [0, 0.05) is 11.4 Å². The summed E-state index contributed by atoms with van der Waals surface area (Å²) in [5.41, 5.74) is 1.24. The topological polar surface area (TPSA) is 20.2 Å². The van der Waals surface area contributed by atoms with Crippen LogP contribution in [0.1, 0.15) is 30.1 Å². The lowest BCUT2D eigenvalue weighted by molar-refractivity contribution is -0.140. The third-order valence-electron chi connectivity index (χ3n) is 2.22. The Morgan fingerprint density at radius 1 is 1.38 bits per heavy atom. The Bertz CT molecular complexity index is 363. The van der Waals surface area contributed by atoms with Gasteiger partial charge in [-0.05, 0) is 30.5 Å². The fraction of sp³-hybridized carbons (Fsp3) is 0.455. The van der Waals surface area contributed by atoms with E-state index in [0.29, 0.717) is 10.6 Å². The molecule has 0 saturated heterocycles. The normalized spacial score (nSPS) is 13.9. The fourth-order valence-corrected chi connectivity index (χ4v) is 1.72. The monoisotopic (exact) mass is 252 g/mol. The molecule has 0 amide bonds. The van der Waals surface area contributed by atoms with Gasteiger partial charge < -0.3 is 5.11 Å². The van der Waals surface area contributed by atoms with Gasteiger partial charge in [0.05, 0.1) is 6.10 Å². The van der Waals surface area contributed by atoms with Crippen LogP contribution in [0, 0.1) is 6.92 Å². The summed E-state index contributed by atoms with van der Waals surface area (Å²) in [6, 6.07) is 4.88. The van der Waals surface area contributed by atoms with Crippen LogP contribution in [0.3, 0.4) is 0 Å². The summed E-state index contributed by atoms with van der Waals surface area (Å²) >= 11 is 5.83. The second kappa shape index (κ2) is 5.06. The molecule has 0 bridgehead atoms. The molecule has 0 fully saturated rings. The zero-order valence-corrected chi connectivity index (χ0v) is 9.44. The molecule has 1 rings (SSSR count). The number of hydrogen-bond acceptors (Lipinski definition) is 1. The highest BCUT2D eigenvalue weighted by molar-refractivity contribution is 6.31. The molecule has 1 nitrogen and oxygen atoms in total. The highest BCUT2D eigenvalue weighted by atomic mass is 35.5. The van der Waals surface area contributed by atoms with Crippen molar-refractivity contribution in [3.8, 4) is 0 Å². The van der Waals surface area contributed by atoms with Crippen LogP contribution in [0.15, 0.2) is 18.2 Å². The zero-order chi connectivity index (χ0) is 12.3. The number of aliphatic hydroxyl groups excluding tert-OH is 1. The third-order valence-corrected chi connectivity index (χ3v) is 2.54. The van der Waals surface area contributed by atoms with E-state index < -0.39 is 18.7 Å². The van der Waals surface area contributed by atoms with E-state index >= 15 is 0 Å². The first-order chi connectivity index (χ1) is 7.29. The quantitative estimate of drug-likeness (QED) is 0.861. The van der Waals surface area contributed by atoms with Crippen molar-refractivity contribution in [3.05, 3.63) is 34.3 Å². The Hall–Kier alpha value is -0.740. The number of alkyl halides is 3. The van der Waals surface area contributed by atoms with Gasteiger partial charge in [-0.2, -0.15) is 13.2 Å². The minimum atomic E-state index is -4.25. The molecule has 1 atom stereocenters. The number of benzene rings is 1. The van der Waals surface area contributed by atoms with Crippen molar-refractivity contribution in [2.24, 2.45) is 0 Å². The van der Waals surface area contributed by atoms with Crippen LogP contribution in [0.2, 0.25) is 5.02 Å². The van der Waals surface area contributed by atoms with E-state index in [2.05, 4.69) is 0 Å². The molecule has 16 heavy (non-hydrogen) atoms. The van der Waals surface area contributed by atoms with E-state index in [-0.39, 0.29) is 6.42 Å². The maximum atomic E-state index is 12.0. The van der Waals surface area contributed by atoms with Gasteiger partial charge in [-0.3, -0.25) is 0 Å². The van der Waals surface area contributed by atoms with Gasteiger partial charge in [-0.15, -0.1) is 0 Å². The first kappa shape index (κ1) is 13.3. The van der Waals surface area contributed by atoms with Crippen molar-refractivity contribution >= 4 is 11.6 Å². The number of rotatable bonds is 3.